The summed E-state index contributed by atoms with van der Waals surface area (Å²) in [6.45, 7) is 3.80. The number of amides is 2. The predicted octanol–water partition coefficient (Wildman–Crippen LogP) is 2.92. The first-order chi connectivity index (χ1) is 12.3. The molecule has 0 spiro atoms. The Morgan fingerprint density at radius 2 is 1.50 bits per heavy atom. The molecule has 6 nitrogen and oxygen atoms in total. The largest absolute Gasteiger partial charge is 0.325 e. The summed E-state index contributed by atoms with van der Waals surface area (Å²) >= 11 is 0. The van der Waals surface area contributed by atoms with Crippen molar-refractivity contribution in [3.05, 3.63) is 71.8 Å². The third-order valence-corrected chi connectivity index (χ3v) is 5.67. The molecule has 0 radical (unpaired) electrons. The van der Waals surface area contributed by atoms with Crippen LogP contribution in [0.5, 0.6) is 0 Å². The Morgan fingerprint density at radius 3 is 2.04 bits per heavy atom. The fourth-order valence-corrected chi connectivity index (χ4v) is 4.16. The van der Waals surface area contributed by atoms with Gasteiger partial charge in [-0.25, -0.2) is 18.2 Å². The zero-order valence-electron chi connectivity index (χ0n) is 14.7. The summed E-state index contributed by atoms with van der Waals surface area (Å²) in [7, 11) is -3.75. The number of urea groups is 1. The van der Waals surface area contributed by atoms with E-state index in [1.807, 2.05) is 36.4 Å². The van der Waals surface area contributed by atoms with Gasteiger partial charge in [0.1, 0.15) is 5.66 Å². The molecule has 0 aromatic heterocycles. The standard InChI is InChI=1S/C19H21N3O3S/c1-19(2)21-17(26(24,25)14-16-11-7-4-8-12-16)20-18(23)22(19)13-15-9-5-3-6-10-15/h3-12H,13-14H2,1-2H3,(H,20,21,23). The first-order valence-electron chi connectivity index (χ1n) is 8.27. The maximum Gasteiger partial charge on any atom is 0.325 e. The highest BCUT2D eigenvalue weighted by Crippen LogP contribution is 2.24. The second kappa shape index (κ2) is 6.92. The quantitative estimate of drug-likeness (QED) is 0.897. The summed E-state index contributed by atoms with van der Waals surface area (Å²) in [5, 5.41) is 2.17. The maximum atomic E-state index is 12.7. The minimum atomic E-state index is -3.75. The van der Waals surface area contributed by atoms with E-state index < -0.39 is 21.5 Å². The SMILES string of the molecule is CC1(C)N=C(S(=O)(=O)Cc2ccccc2)NC(=O)N1Cc1ccccc1. The third-order valence-electron chi connectivity index (χ3n) is 4.17. The van der Waals surface area contributed by atoms with Crippen LogP contribution in [0, 0.1) is 0 Å². The molecule has 1 aliphatic heterocycles. The molecule has 7 heteroatoms. The van der Waals surface area contributed by atoms with E-state index in [4.69, 9.17) is 0 Å². The Bertz CT molecular complexity index is 923. The van der Waals surface area contributed by atoms with E-state index in [9.17, 15) is 13.2 Å². The summed E-state index contributed by atoms with van der Waals surface area (Å²) in [5.74, 6) is -0.207. The molecule has 0 aliphatic carbocycles. The van der Waals surface area contributed by atoms with Crippen molar-refractivity contribution in [3.8, 4) is 0 Å². The van der Waals surface area contributed by atoms with Gasteiger partial charge in [-0.2, -0.15) is 0 Å². The van der Waals surface area contributed by atoms with Crippen molar-refractivity contribution in [2.24, 2.45) is 4.99 Å². The van der Waals surface area contributed by atoms with Crippen LogP contribution in [-0.4, -0.2) is 30.2 Å². The van der Waals surface area contributed by atoms with Gasteiger partial charge >= 0.3 is 6.03 Å². The molecule has 0 atom stereocenters. The summed E-state index contributed by atoms with van der Waals surface area (Å²) < 4.78 is 25.4. The highest BCUT2D eigenvalue weighted by molar-refractivity contribution is 8.05. The van der Waals surface area contributed by atoms with E-state index in [0.29, 0.717) is 12.1 Å². The number of hydrogen-bond donors (Lipinski definition) is 1. The van der Waals surface area contributed by atoms with Crippen LogP contribution in [0.25, 0.3) is 0 Å². The first kappa shape index (κ1) is 18.1. The smallest absolute Gasteiger partial charge is 0.296 e. The molecular formula is C19H21N3O3S. The number of carbonyl (C=O) groups excluding carboxylic acids is 1. The zero-order valence-corrected chi connectivity index (χ0v) is 15.5. The van der Waals surface area contributed by atoms with E-state index in [2.05, 4.69) is 10.3 Å². The summed E-state index contributed by atoms with van der Waals surface area (Å²) in [5.41, 5.74) is 0.618. The molecule has 1 N–H and O–H groups in total. The Morgan fingerprint density at radius 1 is 0.962 bits per heavy atom. The van der Waals surface area contributed by atoms with Crippen molar-refractivity contribution < 1.29 is 13.2 Å². The highest BCUT2D eigenvalue weighted by atomic mass is 32.2. The average molecular weight is 371 g/mol. The molecule has 136 valence electrons. The number of benzene rings is 2. The van der Waals surface area contributed by atoms with Crippen LogP contribution < -0.4 is 5.32 Å². The van der Waals surface area contributed by atoms with E-state index in [-0.39, 0.29) is 10.9 Å². The molecule has 0 saturated carbocycles. The van der Waals surface area contributed by atoms with Crippen LogP contribution in [-0.2, 0) is 22.1 Å². The van der Waals surface area contributed by atoms with E-state index in [1.54, 1.807) is 38.1 Å². The molecule has 0 saturated heterocycles. The molecule has 1 heterocycles. The van der Waals surface area contributed by atoms with Gasteiger partial charge in [-0.15, -0.1) is 0 Å². The number of rotatable bonds is 4. The lowest BCUT2D eigenvalue weighted by Gasteiger charge is -2.39. The van der Waals surface area contributed by atoms with Crippen LogP contribution in [0.1, 0.15) is 25.0 Å². The molecule has 0 fully saturated rings. The molecule has 2 aromatic carbocycles. The fourth-order valence-electron chi connectivity index (χ4n) is 2.78. The van der Waals surface area contributed by atoms with Gasteiger partial charge in [0, 0.05) is 6.54 Å². The van der Waals surface area contributed by atoms with Crippen molar-refractivity contribution in [3.63, 3.8) is 0 Å². The molecule has 0 bridgehead atoms. The van der Waals surface area contributed by atoms with Crippen LogP contribution in [0.2, 0.25) is 0 Å². The first-order valence-corrected chi connectivity index (χ1v) is 9.92. The highest BCUT2D eigenvalue weighted by Gasteiger charge is 2.39. The van der Waals surface area contributed by atoms with Crippen LogP contribution in [0.3, 0.4) is 0 Å². The van der Waals surface area contributed by atoms with Gasteiger partial charge in [-0.1, -0.05) is 60.7 Å². The van der Waals surface area contributed by atoms with Crippen LogP contribution in [0.4, 0.5) is 4.79 Å². The van der Waals surface area contributed by atoms with Crippen molar-refractivity contribution in [2.75, 3.05) is 0 Å². The Kier molecular flexibility index (Phi) is 4.82. The van der Waals surface area contributed by atoms with Gasteiger partial charge in [0.15, 0.2) is 0 Å². The summed E-state index contributed by atoms with van der Waals surface area (Å²) in [4.78, 5) is 18.4. The van der Waals surface area contributed by atoms with Crippen molar-refractivity contribution in [2.45, 2.75) is 31.8 Å². The number of carbonyl (C=O) groups is 1. The lowest BCUT2D eigenvalue weighted by molar-refractivity contribution is 0.132. The maximum absolute atomic E-state index is 12.7. The summed E-state index contributed by atoms with van der Waals surface area (Å²) in [6.07, 6.45) is 0. The van der Waals surface area contributed by atoms with Gasteiger partial charge in [-0.05, 0) is 25.0 Å². The lowest BCUT2D eigenvalue weighted by Crippen LogP contribution is -2.58. The predicted molar refractivity (Wildman–Crippen MR) is 101 cm³/mol. The normalized spacial score (nSPS) is 16.8. The molecule has 2 aromatic rings. The number of aliphatic imine (C=N–C) groups is 1. The van der Waals surface area contributed by atoms with Crippen LogP contribution in [0.15, 0.2) is 65.7 Å². The number of nitrogens with one attached hydrogen (secondary N) is 1. The van der Waals surface area contributed by atoms with Crippen molar-refractivity contribution in [1.82, 2.24) is 10.2 Å². The number of sulfone groups is 1. The number of amidine groups is 1. The molecule has 1 aliphatic rings. The average Bonchev–Trinajstić information content (AvgIpc) is 2.59. The molecule has 0 unspecified atom stereocenters. The molecule has 2 amide bonds. The van der Waals surface area contributed by atoms with Gasteiger partial charge in [0.25, 0.3) is 0 Å². The van der Waals surface area contributed by atoms with Gasteiger partial charge in [0.2, 0.25) is 15.0 Å². The Balaban J connectivity index is 1.86. The number of hydrogen-bond acceptors (Lipinski definition) is 4. The van der Waals surface area contributed by atoms with Gasteiger partial charge < -0.3 is 0 Å². The lowest BCUT2D eigenvalue weighted by atomic mass is 10.1. The van der Waals surface area contributed by atoms with Crippen LogP contribution >= 0.6 is 0 Å². The minimum Gasteiger partial charge on any atom is -0.296 e. The molecular weight excluding hydrogens is 350 g/mol. The number of nitrogens with zero attached hydrogens (tertiary/aromatic N) is 2. The van der Waals surface area contributed by atoms with Crippen molar-refractivity contribution >= 4 is 21.0 Å². The second-order valence-corrected chi connectivity index (χ2v) is 8.56. The monoisotopic (exact) mass is 371 g/mol. The zero-order chi connectivity index (χ0) is 18.8. The fraction of sp³-hybridized carbons (Fsp3) is 0.263. The van der Waals surface area contributed by atoms with Gasteiger partial charge in [0.05, 0.1) is 5.75 Å². The van der Waals surface area contributed by atoms with Crippen molar-refractivity contribution in [1.29, 1.82) is 0 Å². The topological polar surface area (TPSA) is 78.8 Å². The third kappa shape index (κ3) is 3.94. The summed E-state index contributed by atoms with van der Waals surface area (Å²) in [6, 6.07) is 17.9. The molecule has 3 rings (SSSR count). The van der Waals surface area contributed by atoms with E-state index >= 15 is 0 Å². The minimum absolute atomic E-state index is 0.207. The Hall–Kier alpha value is -2.67. The van der Waals surface area contributed by atoms with Gasteiger partial charge in [-0.3, -0.25) is 10.2 Å². The van der Waals surface area contributed by atoms with E-state index in [0.717, 1.165) is 5.56 Å². The van der Waals surface area contributed by atoms with E-state index in [1.165, 1.54) is 4.90 Å². The Labute approximate surface area is 153 Å². The molecule has 26 heavy (non-hydrogen) atoms. The second-order valence-electron chi connectivity index (χ2n) is 6.66.